The highest BCUT2D eigenvalue weighted by Crippen LogP contribution is 2.65. The minimum Gasteiger partial charge on any atom is -0.309 e. The third-order valence-electron chi connectivity index (χ3n) is 13.1. The third kappa shape index (κ3) is 4.63. The first kappa shape index (κ1) is 33.7. The smallest absolute Gasteiger partial charge is 0.0726 e. The van der Waals surface area contributed by atoms with Crippen molar-refractivity contribution in [3.8, 4) is 39.1 Å². The molecule has 1 aromatic heterocycles. The molecule has 1 spiro atoms. The van der Waals surface area contributed by atoms with E-state index >= 15 is 0 Å². The van der Waals surface area contributed by atoms with E-state index in [1.807, 2.05) is 0 Å². The number of benzene rings is 9. The zero-order valence-electron chi connectivity index (χ0n) is 33.0. The van der Waals surface area contributed by atoms with Crippen LogP contribution in [0.3, 0.4) is 0 Å². The van der Waals surface area contributed by atoms with Crippen LogP contribution in [-0.2, 0) is 5.41 Å². The summed E-state index contributed by atoms with van der Waals surface area (Å²) in [5.74, 6) is 0. The van der Waals surface area contributed by atoms with Crippen LogP contribution in [0.2, 0.25) is 0 Å². The molecule has 59 heavy (non-hydrogen) atoms. The van der Waals surface area contributed by atoms with Crippen LogP contribution in [-0.4, -0.2) is 4.57 Å². The molecule has 2 aliphatic carbocycles. The first-order chi connectivity index (χ1) is 29.1. The maximum absolute atomic E-state index is 2.56. The molecular weight excluding hydrogens is 713 g/mol. The average molecular weight is 753 g/mol. The zero-order chi connectivity index (χ0) is 39.2. The number of anilines is 3. The Morgan fingerprint density at radius 3 is 1.66 bits per heavy atom. The monoisotopic (exact) mass is 752 g/mol. The van der Waals surface area contributed by atoms with Crippen LogP contribution >= 0.6 is 0 Å². The maximum atomic E-state index is 2.56. The van der Waals surface area contributed by atoms with Crippen molar-refractivity contribution in [1.82, 2.24) is 4.57 Å². The highest BCUT2D eigenvalue weighted by molar-refractivity contribution is 6.17. The van der Waals surface area contributed by atoms with Gasteiger partial charge in [0.05, 0.1) is 27.8 Å². The van der Waals surface area contributed by atoms with Gasteiger partial charge in [0.25, 0.3) is 0 Å². The molecule has 2 heteroatoms. The molecule has 278 valence electrons. The fraction of sp³-hybridized carbons (Fsp3) is 0.0526. The van der Waals surface area contributed by atoms with E-state index in [1.54, 1.807) is 0 Å². The van der Waals surface area contributed by atoms with Crippen molar-refractivity contribution >= 4 is 38.9 Å². The predicted octanol–water partition coefficient (Wildman–Crippen LogP) is 14.9. The summed E-state index contributed by atoms with van der Waals surface area (Å²) in [5.41, 5.74) is 22.1. The molecule has 0 saturated heterocycles. The van der Waals surface area contributed by atoms with Crippen molar-refractivity contribution in [3.63, 3.8) is 0 Å². The lowest BCUT2D eigenvalue weighted by atomic mass is 9.70. The fourth-order valence-corrected chi connectivity index (χ4v) is 10.7. The topological polar surface area (TPSA) is 8.17 Å². The third-order valence-corrected chi connectivity index (χ3v) is 13.1. The van der Waals surface area contributed by atoms with Crippen LogP contribution in [0.25, 0.3) is 60.9 Å². The first-order valence-corrected chi connectivity index (χ1v) is 20.6. The molecule has 0 N–H and O–H groups in total. The Kier molecular flexibility index (Phi) is 7.31. The number of hydrogen-bond acceptors (Lipinski definition) is 1. The van der Waals surface area contributed by atoms with Crippen LogP contribution in [0.5, 0.6) is 0 Å². The summed E-state index contributed by atoms with van der Waals surface area (Å²) in [5, 5.41) is 2.45. The average Bonchev–Trinajstić information content (AvgIpc) is 3.90. The number of rotatable bonds is 5. The molecule has 0 amide bonds. The Labute approximate surface area is 344 Å². The quantitative estimate of drug-likeness (QED) is 0.170. The van der Waals surface area contributed by atoms with Gasteiger partial charge in [-0.3, -0.25) is 0 Å². The van der Waals surface area contributed by atoms with E-state index in [0.717, 1.165) is 17.1 Å². The SMILES string of the molecule is Cc1ccccc1-c1ccc(N(c2cccc3c2-c2ccccc2C32c3ccccc3-c3ccccc32)c2cccc3c2c2ccccc2n3-c2ccccc2)cc1C. The molecule has 0 atom stereocenters. The van der Waals surface area contributed by atoms with Gasteiger partial charge in [-0.25, -0.2) is 0 Å². The zero-order valence-corrected chi connectivity index (χ0v) is 33.0. The normalized spacial score (nSPS) is 13.1. The summed E-state index contributed by atoms with van der Waals surface area (Å²) in [7, 11) is 0. The first-order valence-electron chi connectivity index (χ1n) is 20.6. The molecule has 0 aliphatic heterocycles. The van der Waals surface area contributed by atoms with Crippen LogP contribution in [0.4, 0.5) is 17.1 Å². The molecule has 10 aromatic rings. The van der Waals surface area contributed by atoms with Gasteiger partial charge in [-0.15, -0.1) is 0 Å². The molecule has 2 nitrogen and oxygen atoms in total. The van der Waals surface area contributed by atoms with Crippen LogP contribution in [0, 0.1) is 13.8 Å². The van der Waals surface area contributed by atoms with E-state index in [0.29, 0.717) is 0 Å². The molecule has 0 saturated carbocycles. The standard InChI is InChI=1S/C57H40N2/c1-37-18-6-7-21-41(37)42-35-34-40(36-38(42)2)59(54-33-17-32-53-56(54)46-25-11-15-30-51(46)58(53)39-19-4-3-5-20-39)52-31-16-29-50-55(52)45-24-10-14-28-49(45)57(50)47-26-12-8-22-43(47)44-23-9-13-27-48(44)57/h3-36H,1-2H3. The Morgan fingerprint density at radius 1 is 0.390 bits per heavy atom. The number of aromatic nitrogens is 1. The summed E-state index contributed by atoms with van der Waals surface area (Å²) >= 11 is 0. The molecule has 0 fully saturated rings. The fourth-order valence-electron chi connectivity index (χ4n) is 10.7. The Morgan fingerprint density at radius 2 is 0.932 bits per heavy atom. The van der Waals surface area contributed by atoms with E-state index in [9.17, 15) is 0 Å². The highest BCUT2D eigenvalue weighted by atomic mass is 15.2. The Balaban J connectivity index is 1.19. The van der Waals surface area contributed by atoms with Crippen molar-refractivity contribution in [3.05, 3.63) is 240 Å². The van der Waals surface area contributed by atoms with Crippen LogP contribution in [0.15, 0.2) is 206 Å². The number of fused-ring (bicyclic) bond motifs is 13. The van der Waals surface area contributed by atoms with Crippen molar-refractivity contribution in [2.24, 2.45) is 0 Å². The summed E-state index contributed by atoms with van der Waals surface area (Å²) in [6.07, 6.45) is 0. The van der Waals surface area contributed by atoms with Crippen molar-refractivity contribution < 1.29 is 0 Å². The summed E-state index contributed by atoms with van der Waals surface area (Å²) in [6, 6.07) is 76.6. The van der Waals surface area contributed by atoms with Gasteiger partial charge in [-0.1, -0.05) is 158 Å². The van der Waals surface area contributed by atoms with E-state index in [4.69, 9.17) is 0 Å². The number of para-hydroxylation sites is 2. The second kappa shape index (κ2) is 12.8. The summed E-state index contributed by atoms with van der Waals surface area (Å²) in [6.45, 7) is 4.47. The van der Waals surface area contributed by atoms with Gasteiger partial charge in [-0.05, 0) is 124 Å². The van der Waals surface area contributed by atoms with E-state index in [2.05, 4.69) is 230 Å². The van der Waals surface area contributed by atoms with Gasteiger partial charge in [0, 0.05) is 27.7 Å². The number of hydrogen-bond donors (Lipinski definition) is 0. The number of nitrogens with zero attached hydrogens (tertiary/aromatic N) is 2. The predicted molar refractivity (Wildman–Crippen MR) is 247 cm³/mol. The summed E-state index contributed by atoms with van der Waals surface area (Å²) in [4.78, 5) is 2.56. The van der Waals surface area contributed by atoms with Gasteiger partial charge >= 0.3 is 0 Å². The lowest BCUT2D eigenvalue weighted by Gasteiger charge is -2.32. The van der Waals surface area contributed by atoms with Crippen LogP contribution in [0.1, 0.15) is 33.4 Å². The molecule has 0 radical (unpaired) electrons. The largest absolute Gasteiger partial charge is 0.309 e. The lowest BCUT2D eigenvalue weighted by molar-refractivity contribution is 0.794. The van der Waals surface area contributed by atoms with E-state index in [-0.39, 0.29) is 0 Å². The Hall–Kier alpha value is -7.42. The van der Waals surface area contributed by atoms with Gasteiger partial charge in [-0.2, -0.15) is 0 Å². The summed E-state index contributed by atoms with van der Waals surface area (Å²) < 4.78 is 2.42. The molecule has 0 bridgehead atoms. The highest BCUT2D eigenvalue weighted by Gasteiger charge is 2.52. The lowest BCUT2D eigenvalue weighted by Crippen LogP contribution is -2.26. The molecule has 9 aromatic carbocycles. The molecule has 12 rings (SSSR count). The maximum Gasteiger partial charge on any atom is 0.0726 e. The number of aryl methyl sites for hydroxylation is 2. The second-order valence-electron chi connectivity index (χ2n) is 16.1. The van der Waals surface area contributed by atoms with Crippen molar-refractivity contribution in [2.75, 3.05) is 4.90 Å². The van der Waals surface area contributed by atoms with E-state index < -0.39 is 5.41 Å². The second-order valence-corrected chi connectivity index (χ2v) is 16.1. The van der Waals surface area contributed by atoms with Crippen LogP contribution < -0.4 is 4.90 Å². The van der Waals surface area contributed by atoms with Crippen molar-refractivity contribution in [1.29, 1.82) is 0 Å². The molecule has 0 unspecified atom stereocenters. The van der Waals surface area contributed by atoms with Gasteiger partial charge in [0.15, 0.2) is 0 Å². The minimum atomic E-state index is -0.444. The van der Waals surface area contributed by atoms with Gasteiger partial charge in [0.2, 0.25) is 0 Å². The van der Waals surface area contributed by atoms with Gasteiger partial charge in [0.1, 0.15) is 0 Å². The molecule has 1 heterocycles. The molecular formula is C57H40N2. The van der Waals surface area contributed by atoms with E-state index in [1.165, 1.54) is 94.3 Å². The minimum absolute atomic E-state index is 0.444. The van der Waals surface area contributed by atoms with Gasteiger partial charge < -0.3 is 9.47 Å². The van der Waals surface area contributed by atoms with Crippen molar-refractivity contribution in [2.45, 2.75) is 19.3 Å². The Bertz CT molecular complexity index is 3270. The molecule has 2 aliphatic rings.